The van der Waals surface area contributed by atoms with Gasteiger partial charge in [-0.3, -0.25) is 9.69 Å². The molecule has 1 fully saturated rings. The van der Waals surface area contributed by atoms with Gasteiger partial charge in [0, 0.05) is 27.2 Å². The Labute approximate surface area is 92.3 Å². The topological polar surface area (TPSA) is 32.8 Å². The summed E-state index contributed by atoms with van der Waals surface area (Å²) in [7, 11) is 3.56. The highest BCUT2D eigenvalue weighted by Gasteiger charge is 2.20. The normalized spacial score (nSPS) is 24.4. The fraction of sp³-hybridized carbons (Fsp3) is 0.875. The van der Waals surface area contributed by atoms with Crippen LogP contribution >= 0.6 is 22.6 Å². The zero-order chi connectivity index (χ0) is 9.84. The average molecular weight is 298 g/mol. The molecule has 1 atom stereocenters. The van der Waals surface area contributed by atoms with Gasteiger partial charge in [-0.05, 0) is 22.6 Å². The van der Waals surface area contributed by atoms with Gasteiger partial charge in [0.15, 0.2) is 0 Å². The van der Waals surface area contributed by atoms with Gasteiger partial charge < -0.3 is 9.64 Å². The summed E-state index contributed by atoms with van der Waals surface area (Å²) in [6.07, 6.45) is 0. The lowest BCUT2D eigenvalue weighted by atomic mass is 10.4. The van der Waals surface area contributed by atoms with E-state index in [1.807, 2.05) is 0 Å². The van der Waals surface area contributed by atoms with E-state index in [0.29, 0.717) is 6.54 Å². The highest BCUT2D eigenvalue weighted by atomic mass is 127. The maximum atomic E-state index is 11.4. The van der Waals surface area contributed by atoms with E-state index in [9.17, 15) is 4.79 Å². The minimum atomic E-state index is 0.158. The quantitative estimate of drug-likeness (QED) is 0.538. The third-order valence-corrected chi connectivity index (χ3v) is 2.72. The summed E-state index contributed by atoms with van der Waals surface area (Å²) < 4.78 is 5.59. The van der Waals surface area contributed by atoms with Gasteiger partial charge in [-0.25, -0.2) is 0 Å². The van der Waals surface area contributed by atoms with Gasteiger partial charge in [-0.2, -0.15) is 0 Å². The molecule has 5 heteroatoms. The smallest absolute Gasteiger partial charge is 0.236 e. The molecule has 1 saturated heterocycles. The van der Waals surface area contributed by atoms with Crippen LogP contribution in [-0.2, 0) is 9.53 Å². The standard InChI is InChI=1S/C8H15IN2O2/c1-10(2)8(12)6-11-3-4-13-7(9)5-11/h7H,3-6H2,1-2H3. The van der Waals surface area contributed by atoms with Crippen LogP contribution in [0, 0.1) is 0 Å². The lowest BCUT2D eigenvalue weighted by Gasteiger charge is -2.30. The molecule has 1 amide bonds. The van der Waals surface area contributed by atoms with Gasteiger partial charge in [-0.1, -0.05) is 0 Å². The predicted octanol–water partition coefficient (Wildman–Crippen LogP) is 0.168. The summed E-state index contributed by atoms with van der Waals surface area (Å²) in [5.41, 5.74) is 0. The molecule has 0 aromatic rings. The van der Waals surface area contributed by atoms with Gasteiger partial charge in [-0.15, -0.1) is 0 Å². The number of hydrogen-bond donors (Lipinski definition) is 0. The molecule has 0 saturated carbocycles. The molecular weight excluding hydrogens is 283 g/mol. The van der Waals surface area contributed by atoms with Gasteiger partial charge in [0.1, 0.15) is 4.11 Å². The van der Waals surface area contributed by atoms with Crippen molar-refractivity contribution in [3.63, 3.8) is 0 Å². The first-order valence-corrected chi connectivity index (χ1v) is 5.52. The van der Waals surface area contributed by atoms with Crippen LogP contribution in [0.15, 0.2) is 0 Å². The van der Waals surface area contributed by atoms with Gasteiger partial charge in [0.05, 0.1) is 13.2 Å². The molecule has 0 aromatic heterocycles. The van der Waals surface area contributed by atoms with Crippen LogP contribution in [0.5, 0.6) is 0 Å². The average Bonchev–Trinajstić information content (AvgIpc) is 2.04. The van der Waals surface area contributed by atoms with E-state index >= 15 is 0 Å². The second kappa shape index (κ2) is 5.11. The van der Waals surface area contributed by atoms with E-state index in [2.05, 4.69) is 27.5 Å². The molecule has 1 unspecified atom stereocenters. The first kappa shape index (κ1) is 11.2. The fourth-order valence-electron chi connectivity index (χ4n) is 1.13. The van der Waals surface area contributed by atoms with Gasteiger partial charge in [0.25, 0.3) is 0 Å². The Bertz CT molecular complexity index is 187. The molecular formula is C8H15IN2O2. The molecule has 0 aromatic carbocycles. The largest absolute Gasteiger partial charge is 0.365 e. The Hall–Kier alpha value is 0.120. The SMILES string of the molecule is CN(C)C(=O)CN1CCOC(I)C1. The zero-order valence-corrected chi connectivity index (χ0v) is 10.2. The molecule has 0 radical (unpaired) electrons. The van der Waals surface area contributed by atoms with Crippen molar-refractivity contribution < 1.29 is 9.53 Å². The number of morpholine rings is 1. The van der Waals surface area contributed by atoms with E-state index in [1.54, 1.807) is 19.0 Å². The minimum absolute atomic E-state index is 0.158. The summed E-state index contributed by atoms with van der Waals surface area (Å²) in [6, 6.07) is 0. The van der Waals surface area contributed by atoms with E-state index in [-0.39, 0.29) is 10.0 Å². The predicted molar refractivity (Wildman–Crippen MR) is 58.9 cm³/mol. The van der Waals surface area contributed by atoms with Gasteiger partial charge in [0.2, 0.25) is 5.91 Å². The van der Waals surface area contributed by atoms with Crippen LogP contribution < -0.4 is 0 Å². The highest BCUT2D eigenvalue weighted by molar-refractivity contribution is 14.1. The Morgan fingerprint density at radius 1 is 1.69 bits per heavy atom. The molecule has 0 N–H and O–H groups in total. The summed E-state index contributed by atoms with van der Waals surface area (Å²) >= 11 is 2.25. The molecule has 1 heterocycles. The second-order valence-electron chi connectivity index (χ2n) is 3.30. The van der Waals surface area contributed by atoms with E-state index in [0.717, 1.165) is 19.7 Å². The van der Waals surface area contributed by atoms with Crippen molar-refractivity contribution >= 4 is 28.5 Å². The van der Waals surface area contributed by atoms with Crippen LogP contribution in [0.4, 0.5) is 0 Å². The van der Waals surface area contributed by atoms with Crippen LogP contribution in [0.25, 0.3) is 0 Å². The zero-order valence-electron chi connectivity index (χ0n) is 7.99. The first-order chi connectivity index (χ1) is 6.09. The number of halogens is 1. The van der Waals surface area contributed by atoms with E-state index in [1.165, 1.54) is 0 Å². The maximum Gasteiger partial charge on any atom is 0.236 e. The van der Waals surface area contributed by atoms with Crippen molar-refractivity contribution in [3.05, 3.63) is 0 Å². The fourth-order valence-corrected chi connectivity index (χ4v) is 1.94. The molecule has 13 heavy (non-hydrogen) atoms. The molecule has 4 nitrogen and oxygen atoms in total. The van der Waals surface area contributed by atoms with Crippen molar-refractivity contribution in [2.45, 2.75) is 4.11 Å². The van der Waals surface area contributed by atoms with E-state index < -0.39 is 0 Å². The van der Waals surface area contributed by atoms with Crippen molar-refractivity contribution in [1.29, 1.82) is 0 Å². The van der Waals surface area contributed by atoms with Crippen molar-refractivity contribution in [2.24, 2.45) is 0 Å². The van der Waals surface area contributed by atoms with Crippen LogP contribution in [0.2, 0.25) is 0 Å². The number of alkyl halides is 1. The molecule has 1 aliphatic heterocycles. The maximum absolute atomic E-state index is 11.4. The highest BCUT2D eigenvalue weighted by Crippen LogP contribution is 2.10. The Kier molecular flexibility index (Phi) is 4.40. The number of nitrogens with zero attached hydrogens (tertiary/aromatic N) is 2. The van der Waals surface area contributed by atoms with Crippen LogP contribution in [0.1, 0.15) is 0 Å². The molecule has 76 valence electrons. The summed E-state index contributed by atoms with van der Waals surface area (Å²) in [5.74, 6) is 0.158. The number of carbonyl (C=O) groups excluding carboxylic acids is 1. The molecule has 1 rings (SSSR count). The number of ether oxygens (including phenoxy) is 1. The third kappa shape index (κ3) is 3.78. The first-order valence-electron chi connectivity index (χ1n) is 4.28. The second-order valence-corrected chi connectivity index (χ2v) is 4.69. The summed E-state index contributed by atoms with van der Waals surface area (Å²) in [5, 5.41) is 0. The molecule has 0 aliphatic carbocycles. The summed E-state index contributed by atoms with van der Waals surface area (Å²) in [6.45, 7) is 2.95. The number of carbonyl (C=O) groups is 1. The van der Waals surface area contributed by atoms with Crippen molar-refractivity contribution in [3.8, 4) is 0 Å². The van der Waals surface area contributed by atoms with Crippen molar-refractivity contribution in [2.75, 3.05) is 40.3 Å². The number of likely N-dealkylation sites (N-methyl/N-ethyl adjacent to an activating group) is 1. The lowest BCUT2D eigenvalue weighted by Crippen LogP contribution is -2.44. The monoisotopic (exact) mass is 298 g/mol. The number of amides is 1. The minimum Gasteiger partial charge on any atom is -0.365 e. The molecule has 0 bridgehead atoms. The Morgan fingerprint density at radius 3 is 2.92 bits per heavy atom. The summed E-state index contributed by atoms with van der Waals surface area (Å²) in [4.78, 5) is 15.1. The number of hydrogen-bond acceptors (Lipinski definition) is 3. The van der Waals surface area contributed by atoms with Crippen LogP contribution in [0.3, 0.4) is 0 Å². The Balaban J connectivity index is 2.31. The Morgan fingerprint density at radius 2 is 2.38 bits per heavy atom. The van der Waals surface area contributed by atoms with Crippen LogP contribution in [-0.4, -0.2) is 60.2 Å². The number of rotatable bonds is 2. The third-order valence-electron chi connectivity index (χ3n) is 1.97. The lowest BCUT2D eigenvalue weighted by molar-refractivity contribution is -0.131. The molecule has 1 aliphatic rings. The van der Waals surface area contributed by atoms with Crippen molar-refractivity contribution in [1.82, 2.24) is 9.80 Å². The van der Waals surface area contributed by atoms with Gasteiger partial charge >= 0.3 is 0 Å². The molecule has 0 spiro atoms. The van der Waals surface area contributed by atoms with E-state index in [4.69, 9.17) is 4.74 Å².